The first-order valence-electron chi connectivity index (χ1n) is 13.8. The van der Waals surface area contributed by atoms with Gasteiger partial charge in [-0.1, -0.05) is 46.3 Å². The van der Waals surface area contributed by atoms with Gasteiger partial charge in [-0.3, -0.25) is 14.5 Å². The number of hydrogen-bond acceptors (Lipinski definition) is 6. The molecule has 8 nitrogen and oxygen atoms in total. The number of halogens is 1. The molecule has 2 amide bonds. The van der Waals surface area contributed by atoms with E-state index in [4.69, 9.17) is 9.47 Å². The number of carbonyl (C=O) groups is 2. The van der Waals surface area contributed by atoms with Crippen molar-refractivity contribution in [3.8, 4) is 0 Å². The van der Waals surface area contributed by atoms with Crippen LogP contribution in [0.25, 0.3) is 0 Å². The predicted molar refractivity (Wildman–Crippen MR) is 168 cm³/mol. The van der Waals surface area contributed by atoms with E-state index in [0.717, 1.165) is 36.3 Å². The number of rotatable bonds is 15. The fraction of sp³-hybridized carbons (Fsp3) is 0.344. The van der Waals surface area contributed by atoms with Crippen molar-refractivity contribution in [2.24, 2.45) is 5.10 Å². The van der Waals surface area contributed by atoms with Gasteiger partial charge in [-0.25, -0.2) is 5.43 Å². The van der Waals surface area contributed by atoms with Crippen LogP contribution >= 0.6 is 15.9 Å². The minimum Gasteiger partial charge on any atom is -0.380 e. The standard InChI is InChI=1S/C32H39BrN4O4/c1-5-40-17-15-37(16-18-41-6-2)22-25-9-11-27(12-10-25)31(38)35-30-14-13-28(33)20-29(30)32(39)36-34-21-26-8-7-23(3)24(4)19-26/h7-14,19-21H,5-6,15-18,22H2,1-4H3,(H,35,38)(H,36,39). The van der Waals surface area contributed by atoms with Crippen molar-refractivity contribution in [1.82, 2.24) is 10.3 Å². The zero-order valence-corrected chi connectivity index (χ0v) is 25.8. The third kappa shape index (κ3) is 10.5. The van der Waals surface area contributed by atoms with Crippen molar-refractivity contribution in [2.45, 2.75) is 34.2 Å². The van der Waals surface area contributed by atoms with E-state index in [1.165, 1.54) is 5.56 Å². The Morgan fingerprint density at radius 3 is 2.20 bits per heavy atom. The third-order valence-electron chi connectivity index (χ3n) is 6.52. The second kappa shape index (κ2) is 16.8. The molecule has 0 aliphatic rings. The number of hydrogen-bond donors (Lipinski definition) is 2. The highest BCUT2D eigenvalue weighted by molar-refractivity contribution is 9.10. The van der Waals surface area contributed by atoms with Gasteiger partial charge in [0.2, 0.25) is 0 Å². The predicted octanol–water partition coefficient (Wildman–Crippen LogP) is 5.96. The summed E-state index contributed by atoms with van der Waals surface area (Å²) in [6.07, 6.45) is 1.59. The van der Waals surface area contributed by atoms with E-state index in [-0.39, 0.29) is 5.91 Å². The summed E-state index contributed by atoms with van der Waals surface area (Å²) < 4.78 is 11.8. The molecule has 218 valence electrons. The minimum absolute atomic E-state index is 0.292. The number of carbonyl (C=O) groups excluding carboxylic acids is 2. The summed E-state index contributed by atoms with van der Waals surface area (Å²) in [4.78, 5) is 28.3. The molecule has 0 aromatic heterocycles. The van der Waals surface area contributed by atoms with E-state index in [1.54, 1.807) is 36.5 Å². The fourth-order valence-corrected chi connectivity index (χ4v) is 4.41. The summed E-state index contributed by atoms with van der Waals surface area (Å²) in [5.41, 5.74) is 8.03. The molecular formula is C32H39BrN4O4. The lowest BCUT2D eigenvalue weighted by Gasteiger charge is -2.22. The summed E-state index contributed by atoms with van der Waals surface area (Å²) in [6, 6.07) is 18.5. The van der Waals surface area contributed by atoms with Crippen molar-refractivity contribution in [3.63, 3.8) is 0 Å². The number of benzene rings is 3. The molecule has 3 aromatic rings. The number of nitrogens with zero attached hydrogens (tertiary/aromatic N) is 2. The number of aryl methyl sites for hydroxylation is 2. The highest BCUT2D eigenvalue weighted by Gasteiger charge is 2.15. The van der Waals surface area contributed by atoms with Gasteiger partial charge in [0.1, 0.15) is 0 Å². The number of hydrazone groups is 1. The Kier molecular flexibility index (Phi) is 13.2. The van der Waals surface area contributed by atoms with Crippen LogP contribution in [0.4, 0.5) is 5.69 Å². The summed E-state index contributed by atoms with van der Waals surface area (Å²) in [5.74, 6) is -0.743. The van der Waals surface area contributed by atoms with E-state index in [2.05, 4.69) is 36.7 Å². The molecule has 3 aromatic carbocycles. The van der Waals surface area contributed by atoms with Crippen LogP contribution in [0.15, 0.2) is 70.2 Å². The molecule has 0 bridgehead atoms. The Labute approximate surface area is 251 Å². The molecule has 0 spiro atoms. The maximum Gasteiger partial charge on any atom is 0.273 e. The van der Waals surface area contributed by atoms with Gasteiger partial charge in [0, 0.05) is 42.9 Å². The number of nitrogens with one attached hydrogen (secondary N) is 2. The van der Waals surface area contributed by atoms with E-state index in [1.807, 2.05) is 58.0 Å². The maximum absolute atomic E-state index is 13.1. The van der Waals surface area contributed by atoms with Gasteiger partial charge >= 0.3 is 0 Å². The molecule has 0 saturated carbocycles. The second-order valence-electron chi connectivity index (χ2n) is 9.55. The van der Waals surface area contributed by atoms with Crippen LogP contribution in [0.2, 0.25) is 0 Å². The topological polar surface area (TPSA) is 92.3 Å². The Morgan fingerprint density at radius 1 is 0.878 bits per heavy atom. The highest BCUT2D eigenvalue weighted by atomic mass is 79.9. The molecule has 0 unspecified atom stereocenters. The summed E-state index contributed by atoms with van der Waals surface area (Å²) >= 11 is 3.41. The molecule has 41 heavy (non-hydrogen) atoms. The molecule has 0 aliphatic heterocycles. The van der Waals surface area contributed by atoms with Gasteiger partial charge in [0.05, 0.1) is 30.7 Å². The van der Waals surface area contributed by atoms with Crippen LogP contribution in [0.5, 0.6) is 0 Å². The Hall–Kier alpha value is -3.37. The fourth-order valence-electron chi connectivity index (χ4n) is 4.04. The summed E-state index contributed by atoms with van der Waals surface area (Å²) in [7, 11) is 0. The lowest BCUT2D eigenvalue weighted by molar-refractivity contribution is 0.0798. The lowest BCUT2D eigenvalue weighted by Crippen LogP contribution is -2.30. The molecule has 2 N–H and O–H groups in total. The van der Waals surface area contributed by atoms with E-state index in [9.17, 15) is 9.59 Å². The normalized spacial score (nSPS) is 11.3. The van der Waals surface area contributed by atoms with E-state index < -0.39 is 5.91 Å². The molecule has 0 fully saturated rings. The lowest BCUT2D eigenvalue weighted by atomic mass is 10.1. The largest absolute Gasteiger partial charge is 0.380 e. The molecular weight excluding hydrogens is 584 g/mol. The van der Waals surface area contributed by atoms with E-state index >= 15 is 0 Å². The maximum atomic E-state index is 13.1. The van der Waals surface area contributed by atoms with Crippen molar-refractivity contribution in [3.05, 3.63) is 98.5 Å². The Morgan fingerprint density at radius 2 is 1.56 bits per heavy atom. The Bertz CT molecular complexity index is 1320. The molecule has 9 heteroatoms. The monoisotopic (exact) mass is 622 g/mol. The second-order valence-corrected chi connectivity index (χ2v) is 10.5. The zero-order valence-electron chi connectivity index (χ0n) is 24.2. The van der Waals surface area contributed by atoms with Crippen LogP contribution in [0.3, 0.4) is 0 Å². The Balaban J connectivity index is 1.65. The molecule has 3 rings (SSSR count). The van der Waals surface area contributed by atoms with Gasteiger partial charge in [-0.05, 0) is 80.3 Å². The first-order chi connectivity index (χ1) is 19.8. The van der Waals surface area contributed by atoms with Gasteiger partial charge < -0.3 is 14.8 Å². The first-order valence-corrected chi connectivity index (χ1v) is 14.6. The molecule has 0 saturated heterocycles. The van der Waals surface area contributed by atoms with Crippen LogP contribution in [0, 0.1) is 13.8 Å². The van der Waals surface area contributed by atoms with Gasteiger partial charge in [-0.2, -0.15) is 5.10 Å². The SMILES string of the molecule is CCOCCN(CCOCC)Cc1ccc(C(=O)Nc2ccc(Br)cc2C(=O)NN=Cc2ccc(C)c(C)c2)cc1. The van der Waals surface area contributed by atoms with Crippen LogP contribution in [-0.4, -0.2) is 62.4 Å². The minimum atomic E-state index is -0.434. The quantitative estimate of drug-likeness (QED) is 0.124. The average molecular weight is 624 g/mol. The van der Waals surface area contributed by atoms with E-state index in [0.29, 0.717) is 47.7 Å². The number of ether oxygens (including phenoxy) is 2. The molecule has 0 heterocycles. The van der Waals surface area contributed by atoms with Gasteiger partial charge in [-0.15, -0.1) is 0 Å². The van der Waals surface area contributed by atoms with Crippen molar-refractivity contribution in [1.29, 1.82) is 0 Å². The van der Waals surface area contributed by atoms with Gasteiger partial charge in [0.25, 0.3) is 11.8 Å². The van der Waals surface area contributed by atoms with Crippen LogP contribution in [0.1, 0.15) is 56.8 Å². The molecule has 0 aliphatic carbocycles. The van der Waals surface area contributed by atoms with Crippen molar-refractivity contribution >= 4 is 39.6 Å². The first kappa shape index (κ1) is 32.1. The average Bonchev–Trinajstić information content (AvgIpc) is 2.96. The smallest absolute Gasteiger partial charge is 0.273 e. The summed E-state index contributed by atoms with van der Waals surface area (Å²) in [5, 5.41) is 6.97. The van der Waals surface area contributed by atoms with Crippen LogP contribution < -0.4 is 10.7 Å². The number of amides is 2. The van der Waals surface area contributed by atoms with Crippen LogP contribution in [-0.2, 0) is 16.0 Å². The summed E-state index contributed by atoms with van der Waals surface area (Å²) in [6.45, 7) is 13.0. The molecule has 0 radical (unpaired) electrons. The molecule has 0 atom stereocenters. The van der Waals surface area contributed by atoms with Gasteiger partial charge in [0.15, 0.2) is 0 Å². The third-order valence-corrected chi connectivity index (χ3v) is 7.01. The highest BCUT2D eigenvalue weighted by Crippen LogP contribution is 2.22. The zero-order chi connectivity index (χ0) is 29.6. The number of anilines is 1. The van der Waals surface area contributed by atoms with Crippen molar-refractivity contribution < 1.29 is 19.1 Å². The van der Waals surface area contributed by atoms with Crippen molar-refractivity contribution in [2.75, 3.05) is 44.8 Å².